The van der Waals surface area contributed by atoms with Gasteiger partial charge in [0.1, 0.15) is 10.7 Å². The van der Waals surface area contributed by atoms with Gasteiger partial charge in [-0.3, -0.25) is 0 Å². The first kappa shape index (κ1) is 14.0. The minimum Gasteiger partial charge on any atom is -0.370 e. The molecular weight excluding hydrogens is 283 g/mol. The van der Waals surface area contributed by atoms with Crippen LogP contribution in [0.1, 0.15) is 5.56 Å². The van der Waals surface area contributed by atoms with Crippen molar-refractivity contribution in [2.24, 2.45) is 0 Å². The van der Waals surface area contributed by atoms with Crippen molar-refractivity contribution in [3.05, 3.63) is 58.8 Å². The zero-order valence-electron chi connectivity index (χ0n) is 10.4. The Bertz CT molecular complexity index is 798. The van der Waals surface area contributed by atoms with Crippen molar-refractivity contribution in [1.82, 2.24) is 0 Å². The first-order valence-corrected chi connectivity index (χ1v) is 7.00. The van der Waals surface area contributed by atoms with Crippen molar-refractivity contribution in [3.8, 4) is 5.75 Å². The van der Waals surface area contributed by atoms with Crippen LogP contribution >= 0.6 is 0 Å². The van der Waals surface area contributed by atoms with Gasteiger partial charge in [0.2, 0.25) is 11.1 Å². The normalized spacial score (nSPS) is 10.8. The molecule has 5 nitrogen and oxygen atoms in total. The topological polar surface area (TPSA) is 71.5 Å². The second kappa shape index (κ2) is 5.27. The molecule has 0 atom stereocenters. The molecule has 0 fully saturated rings. The molecule has 0 aliphatic heterocycles. The number of hydrogen-bond acceptors (Lipinski definition) is 4. The van der Waals surface area contributed by atoms with E-state index in [9.17, 15) is 12.8 Å². The van der Waals surface area contributed by atoms with Crippen LogP contribution in [-0.2, 0) is 10.1 Å². The predicted octanol–water partition coefficient (Wildman–Crippen LogP) is 3.39. The summed E-state index contributed by atoms with van der Waals surface area (Å²) in [5.41, 5.74) is 0.501. The van der Waals surface area contributed by atoms with E-state index >= 15 is 0 Å². The van der Waals surface area contributed by atoms with Gasteiger partial charge in [-0.25, -0.2) is 4.39 Å². The van der Waals surface area contributed by atoms with Crippen LogP contribution in [0.15, 0.2) is 47.4 Å². The van der Waals surface area contributed by atoms with E-state index in [2.05, 4.69) is 4.98 Å². The van der Waals surface area contributed by atoms with Gasteiger partial charge in [0.25, 0.3) is 0 Å². The minimum absolute atomic E-state index is 0.0209. The van der Waals surface area contributed by atoms with E-state index < -0.39 is 20.8 Å². The lowest BCUT2D eigenvalue weighted by Gasteiger charge is -2.06. The molecule has 20 heavy (non-hydrogen) atoms. The second-order valence-electron chi connectivity index (χ2n) is 3.99. The van der Waals surface area contributed by atoms with Crippen molar-refractivity contribution in [1.29, 1.82) is 5.39 Å². The molecule has 0 bridgehead atoms. The smallest absolute Gasteiger partial charge is 0.370 e. The first-order chi connectivity index (χ1) is 9.45. The van der Waals surface area contributed by atoms with Gasteiger partial charge in [-0.05, 0) is 25.1 Å². The van der Waals surface area contributed by atoms with Crippen LogP contribution in [0, 0.1) is 18.1 Å². The summed E-state index contributed by atoms with van der Waals surface area (Å²) in [4.78, 5) is 2.41. The molecule has 0 saturated heterocycles. The third kappa shape index (κ3) is 2.60. The Morgan fingerprint density at radius 2 is 1.85 bits per heavy atom. The van der Waals surface area contributed by atoms with Crippen LogP contribution in [-0.4, -0.2) is 8.42 Å². The lowest BCUT2D eigenvalue weighted by Crippen LogP contribution is -2.11. The van der Waals surface area contributed by atoms with Crippen LogP contribution in [0.3, 0.4) is 0 Å². The van der Waals surface area contributed by atoms with Crippen molar-refractivity contribution in [2.45, 2.75) is 11.8 Å². The molecule has 2 rings (SSSR count). The Balaban J connectivity index is 2.48. The van der Waals surface area contributed by atoms with Gasteiger partial charge in [0.05, 0.1) is 0 Å². The predicted molar refractivity (Wildman–Crippen MR) is 70.1 cm³/mol. The van der Waals surface area contributed by atoms with Gasteiger partial charge in [0.15, 0.2) is 4.98 Å². The molecule has 0 amide bonds. The van der Waals surface area contributed by atoms with Crippen molar-refractivity contribution < 1.29 is 17.0 Å². The summed E-state index contributed by atoms with van der Waals surface area (Å²) < 4.78 is 42.4. The van der Waals surface area contributed by atoms with Crippen molar-refractivity contribution in [3.63, 3.8) is 0 Å². The summed E-state index contributed by atoms with van der Waals surface area (Å²) in [5.74, 6) is -1.08. The van der Waals surface area contributed by atoms with Crippen LogP contribution < -0.4 is 4.18 Å². The molecule has 0 spiro atoms. The summed E-state index contributed by atoms with van der Waals surface area (Å²) in [6.45, 7) is 1.62. The van der Waals surface area contributed by atoms with Gasteiger partial charge < -0.3 is 4.18 Å². The van der Waals surface area contributed by atoms with Gasteiger partial charge in [-0.2, -0.15) is 8.42 Å². The first-order valence-electron chi connectivity index (χ1n) is 5.59. The zero-order chi connectivity index (χ0) is 14.8. The number of benzene rings is 2. The number of rotatable bonds is 3. The molecule has 102 valence electrons. The Morgan fingerprint density at radius 3 is 2.50 bits per heavy atom. The van der Waals surface area contributed by atoms with Crippen LogP contribution in [0.25, 0.3) is 4.98 Å². The fourth-order valence-corrected chi connectivity index (χ4v) is 2.65. The van der Waals surface area contributed by atoms with Crippen molar-refractivity contribution >= 4 is 15.8 Å². The number of hydrogen-bond donors (Lipinski definition) is 0. The van der Waals surface area contributed by atoms with Gasteiger partial charge in [-0.15, -0.1) is 0 Å². The molecule has 2 aromatic carbocycles. The fraction of sp³-hybridized carbons (Fsp3) is 0.0769. The summed E-state index contributed by atoms with van der Waals surface area (Å²) in [7, 11) is -4.34. The van der Waals surface area contributed by atoms with Gasteiger partial charge in [-0.1, -0.05) is 24.3 Å². The van der Waals surface area contributed by atoms with Crippen LogP contribution in [0.4, 0.5) is 10.1 Å². The molecule has 2 aromatic rings. The monoisotopic (exact) mass is 293 g/mol. The molecule has 0 aliphatic carbocycles. The summed E-state index contributed by atoms with van der Waals surface area (Å²) in [5, 5.41) is 8.90. The summed E-state index contributed by atoms with van der Waals surface area (Å²) >= 11 is 0. The maximum Gasteiger partial charge on any atom is 0.430 e. The largest absolute Gasteiger partial charge is 0.430 e. The Morgan fingerprint density at radius 1 is 1.15 bits per heavy atom. The highest BCUT2D eigenvalue weighted by Gasteiger charge is 2.27. The lowest BCUT2D eigenvalue weighted by atomic mass is 10.2. The SMILES string of the molecule is Cc1cccc(OS(=O)(=O)c2ccccc2F)c1[N+]#N. The van der Waals surface area contributed by atoms with E-state index in [1.54, 1.807) is 13.0 Å². The Kier molecular flexibility index (Phi) is 3.68. The molecule has 0 heterocycles. The quantitative estimate of drug-likeness (QED) is 0.642. The van der Waals surface area contributed by atoms with Crippen LogP contribution in [0.5, 0.6) is 5.75 Å². The van der Waals surface area contributed by atoms with E-state index in [0.29, 0.717) is 5.56 Å². The zero-order valence-corrected chi connectivity index (χ0v) is 11.3. The van der Waals surface area contributed by atoms with E-state index in [0.717, 1.165) is 12.1 Å². The van der Waals surface area contributed by atoms with E-state index in [-0.39, 0.29) is 11.4 Å². The number of aryl methyl sites for hydroxylation is 1. The lowest BCUT2D eigenvalue weighted by molar-refractivity contribution is 0.477. The summed E-state index contributed by atoms with van der Waals surface area (Å²) in [6, 6.07) is 9.34. The standard InChI is InChI=1S/C13H10FN2O3S/c1-9-5-4-7-11(13(9)16-15)19-20(17,18)12-8-3-2-6-10(12)14/h2-8H,1H3/q+1. The highest BCUT2D eigenvalue weighted by molar-refractivity contribution is 7.87. The van der Waals surface area contributed by atoms with E-state index in [1.165, 1.54) is 24.3 Å². The molecule has 0 aliphatic rings. The van der Waals surface area contributed by atoms with Gasteiger partial charge in [0, 0.05) is 5.56 Å². The Labute approximate surface area is 115 Å². The fourth-order valence-electron chi connectivity index (χ4n) is 1.64. The summed E-state index contributed by atoms with van der Waals surface area (Å²) in [6.07, 6.45) is 0. The molecule has 0 N–H and O–H groups in total. The van der Waals surface area contributed by atoms with E-state index in [4.69, 9.17) is 9.58 Å². The highest BCUT2D eigenvalue weighted by atomic mass is 32.2. The minimum atomic E-state index is -4.34. The highest BCUT2D eigenvalue weighted by Crippen LogP contribution is 2.33. The molecule has 0 unspecified atom stereocenters. The molecule has 0 radical (unpaired) electrons. The third-order valence-electron chi connectivity index (χ3n) is 2.61. The van der Waals surface area contributed by atoms with Gasteiger partial charge >= 0.3 is 15.8 Å². The second-order valence-corrected chi connectivity index (χ2v) is 5.50. The van der Waals surface area contributed by atoms with Crippen LogP contribution in [0.2, 0.25) is 0 Å². The average Bonchev–Trinajstić information content (AvgIpc) is 2.39. The molecule has 7 heteroatoms. The number of diazo groups is 1. The Hall–Kier alpha value is -2.46. The number of halogens is 1. The maximum atomic E-state index is 13.5. The van der Waals surface area contributed by atoms with Crippen molar-refractivity contribution in [2.75, 3.05) is 0 Å². The molecule has 0 saturated carbocycles. The average molecular weight is 293 g/mol. The molecular formula is C13H10FN2O3S+. The maximum absolute atomic E-state index is 13.5. The molecule has 0 aromatic heterocycles. The third-order valence-corrected chi connectivity index (χ3v) is 3.87. The van der Waals surface area contributed by atoms with E-state index in [1.807, 2.05) is 0 Å². The number of nitrogens with zero attached hydrogens (tertiary/aromatic N) is 2.